The highest BCUT2D eigenvalue weighted by molar-refractivity contribution is 4.94. The van der Waals surface area contributed by atoms with Crippen LogP contribution in [0.2, 0.25) is 0 Å². The van der Waals surface area contributed by atoms with E-state index in [-0.39, 0.29) is 5.79 Å². The molecule has 0 aromatic rings. The second kappa shape index (κ2) is 3.74. The third kappa shape index (κ3) is 2.21. The molecule has 88 valence electrons. The smallest absolute Gasteiger partial charge is 0.162 e. The van der Waals surface area contributed by atoms with Gasteiger partial charge in [-0.1, -0.05) is 20.3 Å². The first-order chi connectivity index (χ1) is 6.96. The van der Waals surface area contributed by atoms with E-state index >= 15 is 0 Å². The van der Waals surface area contributed by atoms with E-state index in [1.165, 1.54) is 19.3 Å². The van der Waals surface area contributed by atoms with Gasteiger partial charge in [-0.2, -0.15) is 0 Å². The highest BCUT2D eigenvalue weighted by Crippen LogP contribution is 2.49. The maximum atomic E-state index is 5.82. The second-order valence-electron chi connectivity index (χ2n) is 6.03. The maximum absolute atomic E-state index is 5.82. The third-order valence-corrected chi connectivity index (χ3v) is 4.23. The first-order valence-corrected chi connectivity index (χ1v) is 6.24. The Morgan fingerprint density at radius 1 is 1.13 bits per heavy atom. The van der Waals surface area contributed by atoms with Gasteiger partial charge in [-0.25, -0.2) is 0 Å². The van der Waals surface area contributed by atoms with Crippen molar-refractivity contribution in [1.82, 2.24) is 0 Å². The molecule has 1 aliphatic carbocycles. The minimum atomic E-state index is -0.362. The highest BCUT2D eigenvalue weighted by atomic mass is 16.7. The van der Waals surface area contributed by atoms with Crippen LogP contribution in [0.3, 0.4) is 0 Å². The molecule has 0 radical (unpaired) electrons. The Labute approximate surface area is 93.3 Å². The topological polar surface area (TPSA) is 18.5 Å². The van der Waals surface area contributed by atoms with E-state index in [1.807, 2.05) is 13.8 Å². The molecule has 2 atom stereocenters. The maximum Gasteiger partial charge on any atom is 0.162 e. The molecule has 0 N–H and O–H groups in total. The van der Waals surface area contributed by atoms with E-state index in [1.54, 1.807) is 0 Å². The fourth-order valence-electron chi connectivity index (χ4n) is 3.21. The Hall–Kier alpha value is -0.0800. The summed E-state index contributed by atoms with van der Waals surface area (Å²) in [6.45, 7) is 10.5. The molecule has 1 aliphatic heterocycles. The molecule has 2 aliphatic rings. The van der Waals surface area contributed by atoms with Crippen LogP contribution in [-0.4, -0.2) is 19.0 Å². The molecule has 1 saturated carbocycles. The molecule has 2 nitrogen and oxygen atoms in total. The molecule has 2 heteroatoms. The van der Waals surface area contributed by atoms with Gasteiger partial charge in [-0.15, -0.1) is 0 Å². The van der Waals surface area contributed by atoms with Crippen LogP contribution in [0.25, 0.3) is 0 Å². The van der Waals surface area contributed by atoms with Gasteiger partial charge >= 0.3 is 0 Å². The molecule has 0 unspecified atom stereocenters. The zero-order valence-corrected chi connectivity index (χ0v) is 10.5. The van der Waals surface area contributed by atoms with Crippen LogP contribution in [0.15, 0.2) is 0 Å². The minimum Gasteiger partial charge on any atom is -0.350 e. The van der Waals surface area contributed by atoms with Gasteiger partial charge in [0.15, 0.2) is 5.79 Å². The fraction of sp³-hybridized carbons (Fsp3) is 1.00. The van der Waals surface area contributed by atoms with Crippen LogP contribution >= 0.6 is 0 Å². The van der Waals surface area contributed by atoms with E-state index in [0.29, 0.717) is 5.41 Å². The number of ether oxygens (including phenoxy) is 2. The Balaban J connectivity index is 2.00. The van der Waals surface area contributed by atoms with Crippen molar-refractivity contribution in [2.75, 3.05) is 13.2 Å². The first kappa shape index (κ1) is 11.4. The molecule has 15 heavy (non-hydrogen) atoms. The molecule has 1 spiro atoms. The zero-order valence-electron chi connectivity index (χ0n) is 10.5. The quantitative estimate of drug-likeness (QED) is 0.664. The Morgan fingerprint density at radius 3 is 2.20 bits per heavy atom. The molecule has 2 fully saturated rings. The van der Waals surface area contributed by atoms with E-state index in [9.17, 15) is 0 Å². The van der Waals surface area contributed by atoms with Gasteiger partial charge in [-0.3, -0.25) is 0 Å². The SMILES string of the molecule is CC[C@@H]1CC2(COC(C)(C)OC2)C[C@H]1C. The minimum absolute atomic E-state index is 0.329. The van der Waals surface area contributed by atoms with Gasteiger partial charge in [0.25, 0.3) is 0 Å². The Kier molecular flexibility index (Phi) is 2.85. The summed E-state index contributed by atoms with van der Waals surface area (Å²) >= 11 is 0. The molecular weight excluding hydrogens is 188 g/mol. The first-order valence-electron chi connectivity index (χ1n) is 6.24. The van der Waals surface area contributed by atoms with Crippen molar-refractivity contribution < 1.29 is 9.47 Å². The largest absolute Gasteiger partial charge is 0.350 e. The lowest BCUT2D eigenvalue weighted by atomic mass is 9.85. The number of hydrogen-bond donors (Lipinski definition) is 0. The summed E-state index contributed by atoms with van der Waals surface area (Å²) in [7, 11) is 0. The van der Waals surface area contributed by atoms with Gasteiger partial charge in [0.1, 0.15) is 0 Å². The van der Waals surface area contributed by atoms with Crippen LogP contribution < -0.4 is 0 Å². The van der Waals surface area contributed by atoms with Crippen molar-refractivity contribution in [2.45, 2.75) is 52.7 Å². The monoisotopic (exact) mass is 212 g/mol. The lowest BCUT2D eigenvalue weighted by Crippen LogP contribution is -2.45. The van der Waals surface area contributed by atoms with E-state index in [4.69, 9.17) is 9.47 Å². The molecule has 0 bridgehead atoms. The molecule has 1 heterocycles. The van der Waals surface area contributed by atoms with Crippen LogP contribution in [0.1, 0.15) is 47.0 Å². The van der Waals surface area contributed by atoms with Crippen LogP contribution in [0.5, 0.6) is 0 Å². The fourth-order valence-corrected chi connectivity index (χ4v) is 3.21. The number of hydrogen-bond acceptors (Lipinski definition) is 2. The highest BCUT2D eigenvalue weighted by Gasteiger charge is 2.47. The Bertz CT molecular complexity index is 225. The molecule has 2 rings (SSSR count). The van der Waals surface area contributed by atoms with Crippen molar-refractivity contribution in [3.8, 4) is 0 Å². The van der Waals surface area contributed by atoms with Gasteiger partial charge in [0.2, 0.25) is 0 Å². The van der Waals surface area contributed by atoms with Crippen molar-refractivity contribution in [1.29, 1.82) is 0 Å². The van der Waals surface area contributed by atoms with E-state index < -0.39 is 0 Å². The summed E-state index contributed by atoms with van der Waals surface area (Å²) in [6, 6.07) is 0. The molecule has 0 aromatic heterocycles. The van der Waals surface area contributed by atoms with Gasteiger partial charge < -0.3 is 9.47 Å². The molecule has 1 saturated heterocycles. The summed E-state index contributed by atoms with van der Waals surface area (Å²) < 4.78 is 11.6. The van der Waals surface area contributed by atoms with Crippen molar-refractivity contribution >= 4 is 0 Å². The van der Waals surface area contributed by atoms with Crippen molar-refractivity contribution in [3.63, 3.8) is 0 Å². The van der Waals surface area contributed by atoms with Gasteiger partial charge in [0.05, 0.1) is 13.2 Å². The summed E-state index contributed by atoms with van der Waals surface area (Å²) in [5, 5.41) is 0. The van der Waals surface area contributed by atoms with Crippen LogP contribution in [0.4, 0.5) is 0 Å². The van der Waals surface area contributed by atoms with Crippen LogP contribution in [0, 0.1) is 17.3 Å². The Morgan fingerprint density at radius 2 is 1.73 bits per heavy atom. The molecule has 0 amide bonds. The molecule has 0 aromatic carbocycles. The average Bonchev–Trinajstić information content (AvgIpc) is 2.49. The van der Waals surface area contributed by atoms with Crippen molar-refractivity contribution in [3.05, 3.63) is 0 Å². The summed E-state index contributed by atoms with van der Waals surface area (Å²) in [4.78, 5) is 0. The summed E-state index contributed by atoms with van der Waals surface area (Å²) in [5.74, 6) is 1.35. The average molecular weight is 212 g/mol. The number of rotatable bonds is 1. The summed E-state index contributed by atoms with van der Waals surface area (Å²) in [6.07, 6.45) is 3.87. The van der Waals surface area contributed by atoms with Gasteiger partial charge in [-0.05, 0) is 38.5 Å². The van der Waals surface area contributed by atoms with E-state index in [0.717, 1.165) is 25.0 Å². The lowest BCUT2D eigenvalue weighted by molar-refractivity contribution is -0.285. The normalized spacial score (nSPS) is 38.4. The second-order valence-corrected chi connectivity index (χ2v) is 6.03. The lowest BCUT2D eigenvalue weighted by Gasteiger charge is -2.41. The third-order valence-electron chi connectivity index (χ3n) is 4.23. The predicted octanol–water partition coefficient (Wildman–Crippen LogP) is 3.21. The zero-order chi connectivity index (χ0) is 11.1. The van der Waals surface area contributed by atoms with E-state index in [2.05, 4.69) is 13.8 Å². The van der Waals surface area contributed by atoms with Gasteiger partial charge in [0, 0.05) is 5.41 Å². The molecular formula is C13H24O2. The van der Waals surface area contributed by atoms with Crippen molar-refractivity contribution in [2.24, 2.45) is 17.3 Å². The standard InChI is InChI=1S/C13H24O2/c1-5-11-7-13(6-10(11)2)8-14-12(3,4)15-9-13/h10-11H,5-9H2,1-4H3/t10-,11-/m1/s1. The predicted molar refractivity (Wildman–Crippen MR) is 60.6 cm³/mol. The summed E-state index contributed by atoms with van der Waals surface area (Å²) in [5.41, 5.74) is 0.329. The van der Waals surface area contributed by atoms with Crippen LogP contribution in [-0.2, 0) is 9.47 Å².